The minimum atomic E-state index is -0.521. The van der Waals surface area contributed by atoms with E-state index in [1.165, 1.54) is 6.08 Å². The molecule has 1 heterocycles. The quantitative estimate of drug-likeness (QED) is 0.645. The Morgan fingerprint density at radius 2 is 1.95 bits per heavy atom. The second-order valence-electron chi connectivity index (χ2n) is 5.44. The molecule has 2 aromatic rings. The van der Waals surface area contributed by atoms with Gasteiger partial charge in [-0.15, -0.1) is 10.2 Å². The van der Waals surface area contributed by atoms with Crippen LogP contribution >= 0.6 is 11.6 Å². The Morgan fingerprint density at radius 1 is 1.29 bits per heavy atom. The molecular formula is C15H16ClN3O2. The van der Waals surface area contributed by atoms with Gasteiger partial charge in [0.1, 0.15) is 18.3 Å². The van der Waals surface area contributed by atoms with Crippen molar-refractivity contribution in [3.63, 3.8) is 0 Å². The zero-order valence-corrected chi connectivity index (χ0v) is 12.8. The molecule has 1 aromatic heterocycles. The second kappa shape index (κ2) is 6.10. The number of ether oxygens (including phenoxy) is 1. The van der Waals surface area contributed by atoms with Crippen LogP contribution in [0.25, 0.3) is 11.8 Å². The molecule has 0 aliphatic rings. The standard InChI is InChI=1S/C15H16ClN3O2/c1-15(2,3)21-14(20)7-4-11-8-12(16)5-6-13(11)19-9-17-18-10-19/h4-10H,1-3H3/b7-4+. The van der Waals surface area contributed by atoms with Crippen molar-refractivity contribution in [2.45, 2.75) is 26.4 Å². The lowest BCUT2D eigenvalue weighted by Gasteiger charge is -2.18. The predicted octanol–water partition coefficient (Wildman–Crippen LogP) is 3.28. The van der Waals surface area contributed by atoms with E-state index in [-0.39, 0.29) is 0 Å². The van der Waals surface area contributed by atoms with Gasteiger partial charge in [0.25, 0.3) is 0 Å². The van der Waals surface area contributed by atoms with Crippen molar-refractivity contribution < 1.29 is 9.53 Å². The van der Waals surface area contributed by atoms with Crippen molar-refractivity contribution in [3.8, 4) is 5.69 Å². The molecular weight excluding hydrogens is 290 g/mol. The van der Waals surface area contributed by atoms with E-state index in [1.54, 1.807) is 35.4 Å². The van der Waals surface area contributed by atoms with Crippen molar-refractivity contribution in [2.75, 3.05) is 0 Å². The van der Waals surface area contributed by atoms with Gasteiger partial charge in [-0.2, -0.15) is 0 Å². The maximum atomic E-state index is 11.7. The number of rotatable bonds is 3. The van der Waals surface area contributed by atoms with Crippen LogP contribution in [0.2, 0.25) is 5.02 Å². The van der Waals surface area contributed by atoms with Gasteiger partial charge in [0.2, 0.25) is 0 Å². The molecule has 0 saturated heterocycles. The summed E-state index contributed by atoms with van der Waals surface area (Å²) in [6, 6.07) is 5.36. The summed E-state index contributed by atoms with van der Waals surface area (Å²) < 4.78 is 6.97. The molecule has 0 spiro atoms. The largest absolute Gasteiger partial charge is 0.457 e. The molecule has 0 bridgehead atoms. The molecule has 0 aliphatic heterocycles. The first-order valence-corrected chi connectivity index (χ1v) is 6.78. The molecule has 0 aliphatic carbocycles. The third-order valence-corrected chi connectivity index (χ3v) is 2.73. The van der Waals surface area contributed by atoms with Crippen LogP contribution in [0.15, 0.2) is 36.9 Å². The monoisotopic (exact) mass is 305 g/mol. The van der Waals surface area contributed by atoms with Crippen LogP contribution in [0, 0.1) is 0 Å². The lowest BCUT2D eigenvalue weighted by molar-refractivity contribution is -0.148. The van der Waals surface area contributed by atoms with Gasteiger partial charge >= 0.3 is 5.97 Å². The van der Waals surface area contributed by atoms with Crippen LogP contribution < -0.4 is 0 Å². The highest BCUT2D eigenvalue weighted by molar-refractivity contribution is 6.30. The molecule has 21 heavy (non-hydrogen) atoms. The highest BCUT2D eigenvalue weighted by Crippen LogP contribution is 2.21. The zero-order chi connectivity index (χ0) is 15.5. The number of nitrogens with zero attached hydrogens (tertiary/aromatic N) is 3. The predicted molar refractivity (Wildman–Crippen MR) is 81.2 cm³/mol. The average Bonchev–Trinajstić information content (AvgIpc) is 2.88. The maximum Gasteiger partial charge on any atom is 0.331 e. The number of carbonyl (C=O) groups is 1. The molecule has 6 heteroatoms. The van der Waals surface area contributed by atoms with E-state index in [1.807, 2.05) is 26.8 Å². The van der Waals surface area contributed by atoms with Gasteiger partial charge in [-0.25, -0.2) is 4.79 Å². The number of hydrogen-bond acceptors (Lipinski definition) is 4. The van der Waals surface area contributed by atoms with E-state index in [9.17, 15) is 4.79 Å². The van der Waals surface area contributed by atoms with Crippen molar-refractivity contribution in [1.29, 1.82) is 0 Å². The molecule has 0 atom stereocenters. The molecule has 2 rings (SSSR count). The van der Waals surface area contributed by atoms with E-state index < -0.39 is 11.6 Å². The molecule has 0 fully saturated rings. The van der Waals surface area contributed by atoms with Crippen LogP contribution in [-0.4, -0.2) is 26.3 Å². The fourth-order valence-corrected chi connectivity index (χ4v) is 1.89. The summed E-state index contributed by atoms with van der Waals surface area (Å²) in [5.74, 6) is -0.405. The van der Waals surface area contributed by atoms with Gasteiger partial charge in [-0.3, -0.25) is 4.57 Å². The molecule has 110 valence electrons. The summed E-state index contributed by atoms with van der Waals surface area (Å²) in [6.45, 7) is 5.46. The van der Waals surface area contributed by atoms with E-state index in [4.69, 9.17) is 16.3 Å². The third kappa shape index (κ3) is 4.43. The Balaban J connectivity index is 2.27. The number of halogens is 1. The molecule has 5 nitrogen and oxygen atoms in total. The third-order valence-electron chi connectivity index (χ3n) is 2.49. The number of aromatic nitrogens is 3. The first-order chi connectivity index (χ1) is 9.85. The van der Waals surface area contributed by atoms with E-state index >= 15 is 0 Å². The number of esters is 1. The summed E-state index contributed by atoms with van der Waals surface area (Å²) in [7, 11) is 0. The molecule has 0 radical (unpaired) electrons. The molecule has 0 amide bonds. The van der Waals surface area contributed by atoms with E-state index in [0.717, 1.165) is 11.3 Å². The number of benzene rings is 1. The van der Waals surface area contributed by atoms with Crippen molar-refractivity contribution in [1.82, 2.24) is 14.8 Å². The summed E-state index contributed by atoms with van der Waals surface area (Å²) in [5, 5.41) is 8.12. The highest BCUT2D eigenvalue weighted by atomic mass is 35.5. The molecule has 0 N–H and O–H groups in total. The van der Waals surface area contributed by atoms with Crippen molar-refractivity contribution in [3.05, 3.63) is 47.5 Å². The lowest BCUT2D eigenvalue weighted by Crippen LogP contribution is -2.22. The minimum Gasteiger partial charge on any atom is -0.457 e. The summed E-state index contributed by atoms with van der Waals surface area (Å²) in [6.07, 6.45) is 6.20. The van der Waals surface area contributed by atoms with Crippen LogP contribution in [-0.2, 0) is 9.53 Å². The van der Waals surface area contributed by atoms with Gasteiger partial charge in [-0.1, -0.05) is 11.6 Å². The summed E-state index contributed by atoms with van der Waals surface area (Å²) in [4.78, 5) is 11.7. The number of hydrogen-bond donors (Lipinski definition) is 0. The van der Waals surface area contributed by atoms with Crippen LogP contribution in [0.4, 0.5) is 0 Å². The van der Waals surface area contributed by atoms with Gasteiger partial charge in [0.05, 0.1) is 5.69 Å². The highest BCUT2D eigenvalue weighted by Gasteiger charge is 2.14. The smallest absolute Gasteiger partial charge is 0.331 e. The van der Waals surface area contributed by atoms with Crippen LogP contribution in [0.3, 0.4) is 0 Å². The summed E-state index contributed by atoms with van der Waals surface area (Å²) >= 11 is 6.01. The van der Waals surface area contributed by atoms with Gasteiger partial charge < -0.3 is 4.74 Å². The Bertz CT molecular complexity index is 658. The fraction of sp³-hybridized carbons (Fsp3) is 0.267. The molecule has 0 saturated carbocycles. The van der Waals surface area contributed by atoms with Gasteiger partial charge in [-0.05, 0) is 45.0 Å². The Labute approximate surface area is 128 Å². The Hall–Kier alpha value is -2.14. The van der Waals surface area contributed by atoms with Gasteiger partial charge in [0.15, 0.2) is 0 Å². The van der Waals surface area contributed by atoms with E-state index in [2.05, 4.69) is 10.2 Å². The van der Waals surface area contributed by atoms with Crippen LogP contribution in [0.1, 0.15) is 26.3 Å². The average molecular weight is 306 g/mol. The minimum absolute atomic E-state index is 0.405. The van der Waals surface area contributed by atoms with Crippen molar-refractivity contribution >= 4 is 23.6 Å². The Morgan fingerprint density at radius 3 is 2.57 bits per heavy atom. The first-order valence-electron chi connectivity index (χ1n) is 6.41. The van der Waals surface area contributed by atoms with E-state index in [0.29, 0.717) is 5.02 Å². The van der Waals surface area contributed by atoms with Gasteiger partial charge in [0, 0.05) is 16.7 Å². The normalized spacial score (nSPS) is 11.8. The van der Waals surface area contributed by atoms with Crippen LogP contribution in [0.5, 0.6) is 0 Å². The topological polar surface area (TPSA) is 57.0 Å². The summed E-state index contributed by atoms with van der Waals surface area (Å²) in [5.41, 5.74) is 1.07. The second-order valence-corrected chi connectivity index (χ2v) is 5.88. The molecule has 1 aromatic carbocycles. The lowest BCUT2D eigenvalue weighted by atomic mass is 10.1. The fourth-order valence-electron chi connectivity index (χ4n) is 1.71. The molecule has 0 unspecified atom stereocenters. The maximum absolute atomic E-state index is 11.7. The SMILES string of the molecule is CC(C)(C)OC(=O)/C=C/c1cc(Cl)ccc1-n1cnnc1. The number of carbonyl (C=O) groups excluding carboxylic acids is 1. The first kappa shape index (κ1) is 15.3. The Kier molecular flexibility index (Phi) is 4.43. The van der Waals surface area contributed by atoms with Crippen molar-refractivity contribution in [2.24, 2.45) is 0 Å². The zero-order valence-electron chi connectivity index (χ0n) is 12.1.